The van der Waals surface area contributed by atoms with Crippen molar-refractivity contribution in [3.63, 3.8) is 0 Å². The van der Waals surface area contributed by atoms with Crippen LogP contribution in [0.25, 0.3) is 0 Å². The van der Waals surface area contributed by atoms with Crippen molar-refractivity contribution >= 4 is 11.9 Å². The predicted octanol–water partition coefficient (Wildman–Crippen LogP) is 1.75. The van der Waals surface area contributed by atoms with Gasteiger partial charge in [-0.3, -0.25) is 9.59 Å². The fourth-order valence-corrected chi connectivity index (χ4v) is 1.95. The van der Waals surface area contributed by atoms with Gasteiger partial charge in [-0.25, -0.2) is 0 Å². The molecule has 0 spiro atoms. The smallest absolute Gasteiger partial charge is 0.306 e. The zero-order valence-corrected chi connectivity index (χ0v) is 10.1. The lowest BCUT2D eigenvalue weighted by Gasteiger charge is -2.30. The highest BCUT2D eigenvalue weighted by molar-refractivity contribution is 5.77. The third-order valence-electron chi connectivity index (χ3n) is 3.13. The number of nitrogens with zero attached hydrogens (tertiary/aromatic N) is 1. The first-order chi connectivity index (χ1) is 7.50. The van der Waals surface area contributed by atoms with Crippen molar-refractivity contribution in [2.75, 3.05) is 13.1 Å². The molecule has 0 unspecified atom stereocenters. The van der Waals surface area contributed by atoms with E-state index in [0.29, 0.717) is 38.3 Å². The van der Waals surface area contributed by atoms with Gasteiger partial charge in [0.25, 0.3) is 0 Å². The van der Waals surface area contributed by atoms with Crippen molar-refractivity contribution in [2.24, 2.45) is 11.8 Å². The first-order valence-corrected chi connectivity index (χ1v) is 6.01. The van der Waals surface area contributed by atoms with E-state index in [9.17, 15) is 9.59 Å². The van der Waals surface area contributed by atoms with Crippen molar-refractivity contribution in [1.82, 2.24) is 4.90 Å². The molecule has 0 saturated carbocycles. The molecule has 0 aromatic heterocycles. The van der Waals surface area contributed by atoms with Crippen LogP contribution in [0.15, 0.2) is 0 Å². The molecule has 1 aliphatic heterocycles. The molecule has 1 amide bonds. The van der Waals surface area contributed by atoms with Gasteiger partial charge in [-0.05, 0) is 25.2 Å². The summed E-state index contributed by atoms with van der Waals surface area (Å²) in [6.07, 6.45) is 2.71. The average molecular weight is 227 g/mol. The van der Waals surface area contributed by atoms with Crippen LogP contribution in [0.1, 0.15) is 39.5 Å². The molecule has 0 aliphatic carbocycles. The van der Waals surface area contributed by atoms with Gasteiger partial charge >= 0.3 is 5.97 Å². The van der Waals surface area contributed by atoms with Gasteiger partial charge in [0.1, 0.15) is 0 Å². The topological polar surface area (TPSA) is 57.6 Å². The summed E-state index contributed by atoms with van der Waals surface area (Å²) in [6.45, 7) is 5.41. The molecule has 0 atom stereocenters. The Hall–Kier alpha value is -1.06. The highest BCUT2D eigenvalue weighted by atomic mass is 16.4. The zero-order chi connectivity index (χ0) is 12.1. The Morgan fingerprint density at radius 2 is 1.88 bits per heavy atom. The number of aliphatic carboxylic acids is 1. The van der Waals surface area contributed by atoms with E-state index >= 15 is 0 Å². The van der Waals surface area contributed by atoms with Crippen molar-refractivity contribution in [3.8, 4) is 0 Å². The molecule has 16 heavy (non-hydrogen) atoms. The minimum Gasteiger partial charge on any atom is -0.481 e. The van der Waals surface area contributed by atoms with Gasteiger partial charge in [0.05, 0.1) is 5.92 Å². The van der Waals surface area contributed by atoms with Gasteiger partial charge in [-0.1, -0.05) is 13.8 Å². The summed E-state index contributed by atoms with van der Waals surface area (Å²) in [6, 6.07) is 0. The Bertz CT molecular complexity index is 255. The van der Waals surface area contributed by atoms with E-state index in [4.69, 9.17) is 5.11 Å². The van der Waals surface area contributed by atoms with Gasteiger partial charge in [-0.15, -0.1) is 0 Å². The summed E-state index contributed by atoms with van der Waals surface area (Å²) in [7, 11) is 0. The number of piperidine rings is 1. The Balaban J connectivity index is 2.30. The third-order valence-corrected chi connectivity index (χ3v) is 3.13. The average Bonchev–Trinajstić information content (AvgIpc) is 2.26. The van der Waals surface area contributed by atoms with Crippen LogP contribution in [0.4, 0.5) is 0 Å². The van der Waals surface area contributed by atoms with E-state index in [1.807, 2.05) is 4.90 Å². The van der Waals surface area contributed by atoms with Gasteiger partial charge in [0.15, 0.2) is 0 Å². The zero-order valence-electron chi connectivity index (χ0n) is 10.1. The fraction of sp³-hybridized carbons (Fsp3) is 0.833. The molecule has 0 aromatic rings. The molecule has 0 bridgehead atoms. The van der Waals surface area contributed by atoms with E-state index in [0.717, 1.165) is 6.42 Å². The number of carboxylic acids is 1. The fourth-order valence-electron chi connectivity index (χ4n) is 1.95. The molecule has 4 heteroatoms. The van der Waals surface area contributed by atoms with E-state index in [2.05, 4.69) is 13.8 Å². The maximum atomic E-state index is 11.8. The molecule has 1 N–H and O–H groups in total. The van der Waals surface area contributed by atoms with E-state index < -0.39 is 5.97 Å². The van der Waals surface area contributed by atoms with Crippen molar-refractivity contribution in [2.45, 2.75) is 39.5 Å². The van der Waals surface area contributed by atoms with Gasteiger partial charge < -0.3 is 10.0 Å². The monoisotopic (exact) mass is 227 g/mol. The summed E-state index contributed by atoms with van der Waals surface area (Å²) in [4.78, 5) is 24.3. The first kappa shape index (κ1) is 13.0. The first-order valence-electron chi connectivity index (χ1n) is 6.01. The maximum absolute atomic E-state index is 11.8. The predicted molar refractivity (Wildman–Crippen MR) is 61.0 cm³/mol. The van der Waals surface area contributed by atoms with Crippen molar-refractivity contribution in [1.29, 1.82) is 0 Å². The van der Waals surface area contributed by atoms with Gasteiger partial charge in [0, 0.05) is 19.5 Å². The highest BCUT2D eigenvalue weighted by Crippen LogP contribution is 2.18. The number of carboxylic acid groups (broad SMARTS) is 1. The van der Waals surface area contributed by atoms with E-state index in [1.165, 1.54) is 0 Å². The SMILES string of the molecule is CC(C)CCC(=O)N1CCC(C(=O)O)CC1. The molecular formula is C12H21NO3. The number of rotatable bonds is 4. The van der Waals surface area contributed by atoms with E-state index in [1.54, 1.807) is 0 Å². The van der Waals surface area contributed by atoms with Gasteiger partial charge in [-0.2, -0.15) is 0 Å². The van der Waals surface area contributed by atoms with Crippen LogP contribution in [0.3, 0.4) is 0 Å². The number of carbonyl (C=O) groups excluding carboxylic acids is 1. The van der Waals surface area contributed by atoms with Crippen LogP contribution in [-0.4, -0.2) is 35.0 Å². The van der Waals surface area contributed by atoms with Crippen LogP contribution in [0.2, 0.25) is 0 Å². The lowest BCUT2D eigenvalue weighted by Crippen LogP contribution is -2.40. The lowest BCUT2D eigenvalue weighted by atomic mass is 9.96. The van der Waals surface area contributed by atoms with Crippen LogP contribution in [-0.2, 0) is 9.59 Å². The van der Waals surface area contributed by atoms with Crippen molar-refractivity contribution in [3.05, 3.63) is 0 Å². The Kier molecular flexibility index (Phi) is 4.77. The molecule has 1 rings (SSSR count). The second-order valence-electron chi connectivity index (χ2n) is 4.93. The van der Waals surface area contributed by atoms with Crippen molar-refractivity contribution < 1.29 is 14.7 Å². The minimum absolute atomic E-state index is 0.178. The summed E-state index contributed by atoms with van der Waals surface area (Å²) >= 11 is 0. The molecule has 92 valence electrons. The molecule has 1 saturated heterocycles. The molecule has 1 aliphatic rings. The second-order valence-corrected chi connectivity index (χ2v) is 4.93. The number of hydrogen-bond acceptors (Lipinski definition) is 2. The quantitative estimate of drug-likeness (QED) is 0.796. The minimum atomic E-state index is -0.728. The lowest BCUT2D eigenvalue weighted by molar-refractivity contribution is -0.145. The molecule has 0 aromatic carbocycles. The Morgan fingerprint density at radius 3 is 2.31 bits per heavy atom. The normalized spacial score (nSPS) is 17.8. The Morgan fingerprint density at radius 1 is 1.31 bits per heavy atom. The number of carbonyl (C=O) groups is 2. The molecule has 0 radical (unpaired) electrons. The Labute approximate surface area is 96.6 Å². The summed E-state index contributed by atoms with van der Waals surface area (Å²) < 4.78 is 0. The largest absolute Gasteiger partial charge is 0.481 e. The number of amides is 1. The molecule has 4 nitrogen and oxygen atoms in total. The van der Waals surface area contributed by atoms with Crippen LogP contribution < -0.4 is 0 Å². The van der Waals surface area contributed by atoms with Crippen LogP contribution >= 0.6 is 0 Å². The molecule has 1 heterocycles. The standard InChI is InChI=1S/C12H21NO3/c1-9(2)3-4-11(14)13-7-5-10(6-8-13)12(15)16/h9-10H,3-8H2,1-2H3,(H,15,16). The summed E-state index contributed by atoms with van der Waals surface area (Å²) in [5.74, 6) is -0.263. The van der Waals surface area contributed by atoms with Gasteiger partial charge in [0.2, 0.25) is 5.91 Å². The maximum Gasteiger partial charge on any atom is 0.306 e. The number of hydrogen-bond donors (Lipinski definition) is 1. The van der Waals surface area contributed by atoms with E-state index in [-0.39, 0.29) is 11.8 Å². The number of likely N-dealkylation sites (tertiary alicyclic amines) is 1. The highest BCUT2D eigenvalue weighted by Gasteiger charge is 2.26. The van der Waals surface area contributed by atoms with Crippen LogP contribution in [0, 0.1) is 11.8 Å². The third kappa shape index (κ3) is 3.83. The van der Waals surface area contributed by atoms with Crippen LogP contribution in [0.5, 0.6) is 0 Å². The second kappa shape index (κ2) is 5.87. The molecule has 1 fully saturated rings. The molecular weight excluding hydrogens is 206 g/mol. The summed E-state index contributed by atoms with van der Waals surface area (Å²) in [5.41, 5.74) is 0. The summed E-state index contributed by atoms with van der Waals surface area (Å²) in [5, 5.41) is 8.84.